The molecular formula is C27H26N4O2S. The molecule has 1 amide bonds. The van der Waals surface area contributed by atoms with Crippen molar-refractivity contribution in [2.45, 2.75) is 25.6 Å². The van der Waals surface area contributed by atoms with Gasteiger partial charge in [0.2, 0.25) is 5.91 Å². The van der Waals surface area contributed by atoms with Gasteiger partial charge in [-0.15, -0.1) is 11.3 Å². The van der Waals surface area contributed by atoms with Gasteiger partial charge in [0.05, 0.1) is 31.2 Å². The Morgan fingerprint density at radius 2 is 1.91 bits per heavy atom. The summed E-state index contributed by atoms with van der Waals surface area (Å²) in [6.45, 7) is 5.92. The molecule has 0 fully saturated rings. The molecule has 1 unspecified atom stereocenters. The van der Waals surface area contributed by atoms with Gasteiger partial charge in [-0.3, -0.25) is 4.79 Å². The smallest absolute Gasteiger partial charge is 0.246 e. The van der Waals surface area contributed by atoms with Crippen molar-refractivity contribution >= 4 is 33.3 Å². The maximum atomic E-state index is 12.1. The van der Waals surface area contributed by atoms with Gasteiger partial charge in [0.25, 0.3) is 0 Å². The SMILES string of the molecule is C=CC(=O)N1CCc2c(sc3ncnc(NC(COCc4ccccc4)c4ccccc4)c23)C1. The van der Waals surface area contributed by atoms with Crippen LogP contribution in [0.1, 0.15) is 27.6 Å². The summed E-state index contributed by atoms with van der Waals surface area (Å²) < 4.78 is 6.11. The third kappa shape index (κ3) is 4.71. The summed E-state index contributed by atoms with van der Waals surface area (Å²) in [5.74, 6) is 0.774. The highest BCUT2D eigenvalue weighted by Gasteiger charge is 2.26. The first kappa shape index (κ1) is 22.3. The third-order valence-corrected chi connectivity index (χ3v) is 7.16. The number of aromatic nitrogens is 2. The van der Waals surface area contributed by atoms with Crippen LogP contribution in [0.4, 0.5) is 5.82 Å². The Kier molecular flexibility index (Phi) is 6.65. The predicted octanol–water partition coefficient (Wildman–Crippen LogP) is 5.13. The quantitative estimate of drug-likeness (QED) is 0.362. The first-order chi connectivity index (χ1) is 16.7. The fraction of sp³-hybridized carbons (Fsp3) is 0.222. The number of hydrogen-bond donors (Lipinski definition) is 1. The molecule has 6 nitrogen and oxygen atoms in total. The van der Waals surface area contributed by atoms with Crippen molar-refractivity contribution in [1.29, 1.82) is 0 Å². The number of hydrogen-bond acceptors (Lipinski definition) is 6. The fourth-order valence-corrected chi connectivity index (χ4v) is 5.50. The van der Waals surface area contributed by atoms with E-state index in [9.17, 15) is 4.79 Å². The molecule has 1 aliphatic heterocycles. The van der Waals surface area contributed by atoms with Gasteiger partial charge in [-0.1, -0.05) is 67.2 Å². The lowest BCUT2D eigenvalue weighted by atomic mass is 10.0. The topological polar surface area (TPSA) is 67.4 Å². The Hall–Kier alpha value is -3.55. The number of carbonyl (C=O) groups is 1. The molecule has 0 saturated heterocycles. The van der Waals surface area contributed by atoms with Gasteiger partial charge in [0.15, 0.2) is 0 Å². The van der Waals surface area contributed by atoms with Crippen LogP contribution in [0.25, 0.3) is 10.2 Å². The Balaban J connectivity index is 1.41. The largest absolute Gasteiger partial charge is 0.374 e. The van der Waals surface area contributed by atoms with E-state index >= 15 is 0 Å². The first-order valence-electron chi connectivity index (χ1n) is 11.3. The number of anilines is 1. The van der Waals surface area contributed by atoms with Crippen LogP contribution in [-0.4, -0.2) is 33.9 Å². The lowest BCUT2D eigenvalue weighted by Gasteiger charge is -2.26. The Labute approximate surface area is 202 Å². The number of nitrogens with zero attached hydrogens (tertiary/aromatic N) is 3. The average molecular weight is 471 g/mol. The summed E-state index contributed by atoms with van der Waals surface area (Å²) in [5, 5.41) is 4.69. The Morgan fingerprint density at radius 1 is 1.15 bits per heavy atom. The molecule has 4 aromatic rings. The monoisotopic (exact) mass is 470 g/mol. The predicted molar refractivity (Wildman–Crippen MR) is 136 cm³/mol. The Morgan fingerprint density at radius 3 is 2.68 bits per heavy atom. The van der Waals surface area contributed by atoms with Crippen molar-refractivity contribution in [2.24, 2.45) is 0 Å². The number of nitrogens with one attached hydrogen (secondary N) is 1. The number of fused-ring (bicyclic) bond motifs is 3. The van der Waals surface area contributed by atoms with Crippen molar-refractivity contribution in [1.82, 2.24) is 14.9 Å². The molecule has 5 rings (SSSR count). The van der Waals surface area contributed by atoms with E-state index in [1.54, 1.807) is 17.7 Å². The molecule has 2 aromatic heterocycles. The summed E-state index contributed by atoms with van der Waals surface area (Å²) in [6.07, 6.45) is 3.76. The number of ether oxygens (including phenoxy) is 1. The molecule has 1 N–H and O–H groups in total. The highest BCUT2D eigenvalue weighted by Crippen LogP contribution is 2.38. The highest BCUT2D eigenvalue weighted by atomic mass is 32.1. The zero-order valence-electron chi connectivity index (χ0n) is 18.8. The summed E-state index contributed by atoms with van der Waals surface area (Å²) in [5.41, 5.74) is 3.51. The lowest BCUT2D eigenvalue weighted by Crippen LogP contribution is -2.34. The van der Waals surface area contributed by atoms with Crippen molar-refractivity contribution in [3.8, 4) is 0 Å². The molecule has 0 spiro atoms. The normalized spacial score (nSPS) is 13.9. The molecule has 1 aliphatic rings. The summed E-state index contributed by atoms with van der Waals surface area (Å²) in [6, 6.07) is 20.4. The maximum absolute atomic E-state index is 12.1. The summed E-state index contributed by atoms with van der Waals surface area (Å²) >= 11 is 1.63. The van der Waals surface area contributed by atoms with Crippen molar-refractivity contribution in [3.05, 3.63) is 101 Å². The van der Waals surface area contributed by atoms with E-state index in [4.69, 9.17) is 4.74 Å². The Bertz CT molecular complexity index is 1290. The molecule has 1 atom stereocenters. The van der Waals surface area contributed by atoms with Crippen LogP contribution in [0.15, 0.2) is 79.6 Å². The molecule has 0 aliphatic carbocycles. The summed E-state index contributed by atoms with van der Waals surface area (Å²) in [4.78, 5) is 25.2. The van der Waals surface area contributed by atoms with Crippen LogP contribution >= 0.6 is 11.3 Å². The van der Waals surface area contributed by atoms with E-state index in [1.807, 2.05) is 41.3 Å². The van der Waals surface area contributed by atoms with Gasteiger partial charge >= 0.3 is 0 Å². The van der Waals surface area contributed by atoms with E-state index < -0.39 is 0 Å². The third-order valence-electron chi connectivity index (χ3n) is 6.03. The van der Waals surface area contributed by atoms with Gasteiger partial charge in [-0.25, -0.2) is 9.97 Å². The summed E-state index contributed by atoms with van der Waals surface area (Å²) in [7, 11) is 0. The van der Waals surface area contributed by atoms with Gasteiger partial charge in [-0.2, -0.15) is 0 Å². The minimum atomic E-state index is -0.0685. The van der Waals surface area contributed by atoms with Crippen LogP contribution in [0.2, 0.25) is 0 Å². The molecule has 0 bridgehead atoms. The minimum Gasteiger partial charge on any atom is -0.374 e. The highest BCUT2D eigenvalue weighted by molar-refractivity contribution is 7.19. The number of thiophene rings is 1. The van der Waals surface area contributed by atoms with E-state index in [0.717, 1.165) is 38.5 Å². The van der Waals surface area contributed by atoms with Gasteiger partial charge in [0, 0.05) is 11.4 Å². The fourth-order valence-electron chi connectivity index (χ4n) is 4.29. The molecule has 172 valence electrons. The van der Waals surface area contributed by atoms with Crippen molar-refractivity contribution in [2.75, 3.05) is 18.5 Å². The molecule has 34 heavy (non-hydrogen) atoms. The molecule has 3 heterocycles. The molecular weight excluding hydrogens is 444 g/mol. The maximum Gasteiger partial charge on any atom is 0.246 e. The van der Waals surface area contributed by atoms with Crippen LogP contribution in [0.3, 0.4) is 0 Å². The molecule has 0 radical (unpaired) electrons. The van der Waals surface area contributed by atoms with E-state index in [0.29, 0.717) is 26.3 Å². The second kappa shape index (κ2) is 10.2. The molecule has 7 heteroatoms. The van der Waals surface area contributed by atoms with Crippen molar-refractivity contribution < 1.29 is 9.53 Å². The number of benzene rings is 2. The van der Waals surface area contributed by atoms with Gasteiger partial charge in [0.1, 0.15) is 17.0 Å². The first-order valence-corrected chi connectivity index (χ1v) is 12.1. The molecule has 2 aromatic carbocycles. The zero-order valence-corrected chi connectivity index (χ0v) is 19.6. The van der Waals surface area contributed by atoms with Gasteiger partial charge in [-0.05, 0) is 29.2 Å². The number of carbonyl (C=O) groups excluding carboxylic acids is 1. The minimum absolute atomic E-state index is 0.0350. The molecule has 0 saturated carbocycles. The zero-order chi connectivity index (χ0) is 23.3. The standard InChI is InChI=1S/C27H26N4O2S/c1-2-24(32)31-14-13-21-23(15-31)34-27-25(21)26(28-18-29-27)30-22(20-11-7-4-8-12-20)17-33-16-19-9-5-3-6-10-19/h2-12,18,22H,1,13-17H2,(H,28,29,30). The van der Waals surface area contributed by atoms with Gasteiger partial charge < -0.3 is 15.0 Å². The lowest BCUT2D eigenvalue weighted by molar-refractivity contribution is -0.126. The second-order valence-corrected chi connectivity index (χ2v) is 9.31. The van der Waals surface area contributed by atoms with E-state index in [1.165, 1.54) is 11.6 Å². The van der Waals surface area contributed by atoms with Crippen LogP contribution in [0, 0.1) is 0 Å². The van der Waals surface area contributed by atoms with Crippen LogP contribution in [-0.2, 0) is 29.1 Å². The number of rotatable bonds is 8. The van der Waals surface area contributed by atoms with E-state index in [2.05, 4.69) is 46.1 Å². The number of amides is 1. The second-order valence-electron chi connectivity index (χ2n) is 8.23. The van der Waals surface area contributed by atoms with Crippen molar-refractivity contribution in [3.63, 3.8) is 0 Å². The van der Waals surface area contributed by atoms with Crippen LogP contribution < -0.4 is 5.32 Å². The average Bonchev–Trinajstić information content (AvgIpc) is 3.27. The van der Waals surface area contributed by atoms with E-state index in [-0.39, 0.29) is 11.9 Å². The van der Waals surface area contributed by atoms with Crippen LogP contribution in [0.5, 0.6) is 0 Å².